The molecule has 0 saturated heterocycles. The van der Waals surface area contributed by atoms with Gasteiger partial charge in [-0.1, -0.05) is 6.07 Å². The monoisotopic (exact) mass is 434 g/mol. The van der Waals surface area contributed by atoms with Gasteiger partial charge in [0.1, 0.15) is 5.75 Å². The van der Waals surface area contributed by atoms with Gasteiger partial charge >= 0.3 is 0 Å². The predicted molar refractivity (Wildman–Crippen MR) is 122 cm³/mol. The lowest BCUT2D eigenvalue weighted by molar-refractivity contribution is -0.384. The van der Waals surface area contributed by atoms with E-state index in [0.717, 1.165) is 5.56 Å². The number of nitro groups is 1. The van der Waals surface area contributed by atoms with E-state index in [1.54, 1.807) is 68.6 Å². The molecule has 0 radical (unpaired) electrons. The Morgan fingerprint density at radius 1 is 0.938 bits per heavy atom. The second-order valence-electron chi connectivity index (χ2n) is 6.92. The van der Waals surface area contributed by atoms with E-state index >= 15 is 0 Å². The lowest BCUT2D eigenvalue weighted by atomic mass is 10.1. The third-order valence-electron chi connectivity index (χ3n) is 4.65. The number of non-ortho nitro benzene ring substituents is 1. The van der Waals surface area contributed by atoms with Crippen molar-refractivity contribution < 1.29 is 19.2 Å². The molecule has 3 N–H and O–H groups in total. The first-order chi connectivity index (χ1) is 15.4. The standard InChI is InChI=1S/C23H22N4O5/c1-15-3-10-19(27(30)31)13-21(15)24-14-22(28)25-17-6-4-16(5-7-17)23(29)26-18-8-11-20(32-2)12-9-18/h3-13,24H,14H2,1-2H3,(H,25,28)(H,26,29). The van der Waals surface area contributed by atoms with E-state index in [0.29, 0.717) is 28.4 Å². The Kier molecular flexibility index (Phi) is 7.02. The smallest absolute Gasteiger partial charge is 0.271 e. The molecule has 3 rings (SSSR count). The fourth-order valence-electron chi connectivity index (χ4n) is 2.88. The molecule has 9 heteroatoms. The summed E-state index contributed by atoms with van der Waals surface area (Å²) in [6.07, 6.45) is 0. The van der Waals surface area contributed by atoms with E-state index in [1.165, 1.54) is 12.1 Å². The van der Waals surface area contributed by atoms with Crippen molar-refractivity contribution in [3.63, 3.8) is 0 Å². The molecule has 0 atom stereocenters. The van der Waals surface area contributed by atoms with E-state index in [-0.39, 0.29) is 24.0 Å². The molecule has 0 aliphatic rings. The first-order valence-corrected chi connectivity index (χ1v) is 9.70. The molecule has 32 heavy (non-hydrogen) atoms. The first kappa shape index (κ1) is 22.3. The minimum atomic E-state index is -0.489. The third-order valence-corrected chi connectivity index (χ3v) is 4.65. The maximum atomic E-state index is 12.4. The minimum absolute atomic E-state index is 0.0537. The second kappa shape index (κ2) is 10.1. The van der Waals surface area contributed by atoms with E-state index in [2.05, 4.69) is 16.0 Å². The van der Waals surface area contributed by atoms with Crippen molar-refractivity contribution in [3.8, 4) is 5.75 Å². The van der Waals surface area contributed by atoms with Gasteiger partial charge in [-0.3, -0.25) is 19.7 Å². The van der Waals surface area contributed by atoms with Crippen LogP contribution in [0.15, 0.2) is 66.7 Å². The van der Waals surface area contributed by atoms with Crippen molar-refractivity contribution in [1.29, 1.82) is 0 Å². The van der Waals surface area contributed by atoms with E-state index in [4.69, 9.17) is 4.74 Å². The summed E-state index contributed by atoms with van der Waals surface area (Å²) in [4.78, 5) is 35.0. The third kappa shape index (κ3) is 5.82. The molecule has 0 bridgehead atoms. The van der Waals surface area contributed by atoms with Crippen LogP contribution in [0.1, 0.15) is 15.9 Å². The molecule has 0 aliphatic heterocycles. The number of hydrogen-bond acceptors (Lipinski definition) is 6. The Balaban J connectivity index is 1.54. The van der Waals surface area contributed by atoms with Crippen LogP contribution in [0.4, 0.5) is 22.7 Å². The maximum Gasteiger partial charge on any atom is 0.271 e. The summed E-state index contributed by atoms with van der Waals surface area (Å²) in [5.74, 6) is 0.0837. The van der Waals surface area contributed by atoms with Crippen molar-refractivity contribution in [2.24, 2.45) is 0 Å². The highest BCUT2D eigenvalue weighted by atomic mass is 16.6. The molecule has 0 aromatic heterocycles. The summed E-state index contributed by atoms with van der Waals surface area (Å²) in [6, 6.07) is 17.8. The summed E-state index contributed by atoms with van der Waals surface area (Å²) in [6.45, 7) is 1.72. The molecular weight excluding hydrogens is 412 g/mol. The van der Waals surface area contributed by atoms with Crippen LogP contribution in [0.2, 0.25) is 0 Å². The number of nitro benzene ring substituents is 1. The zero-order chi connectivity index (χ0) is 23.1. The topological polar surface area (TPSA) is 123 Å². The number of amides is 2. The number of hydrogen-bond donors (Lipinski definition) is 3. The second-order valence-corrected chi connectivity index (χ2v) is 6.92. The predicted octanol–water partition coefficient (Wildman–Crippen LogP) is 4.21. The van der Waals surface area contributed by atoms with Gasteiger partial charge in [-0.25, -0.2) is 0 Å². The number of nitrogens with one attached hydrogen (secondary N) is 3. The molecule has 0 unspecified atom stereocenters. The Morgan fingerprint density at radius 3 is 2.19 bits per heavy atom. The fourth-order valence-corrected chi connectivity index (χ4v) is 2.88. The Bertz CT molecular complexity index is 1130. The average molecular weight is 434 g/mol. The fraction of sp³-hybridized carbons (Fsp3) is 0.130. The van der Waals surface area contributed by atoms with Crippen LogP contribution in [-0.4, -0.2) is 30.4 Å². The van der Waals surface area contributed by atoms with Crippen LogP contribution >= 0.6 is 0 Å². The summed E-state index contributed by atoms with van der Waals surface area (Å²) in [5.41, 5.74) is 2.84. The number of nitrogens with zero attached hydrogens (tertiary/aromatic N) is 1. The highest BCUT2D eigenvalue weighted by Gasteiger charge is 2.11. The summed E-state index contributed by atoms with van der Waals surface area (Å²) in [5, 5.41) is 19.3. The quantitative estimate of drug-likeness (QED) is 0.360. The summed E-state index contributed by atoms with van der Waals surface area (Å²) in [7, 11) is 1.57. The van der Waals surface area contributed by atoms with Gasteiger partial charge in [-0.2, -0.15) is 0 Å². The molecule has 3 aromatic rings. The van der Waals surface area contributed by atoms with Gasteiger partial charge in [-0.05, 0) is 61.0 Å². The number of aryl methyl sites for hydroxylation is 1. The van der Waals surface area contributed by atoms with Gasteiger partial charge in [0.15, 0.2) is 0 Å². The lowest BCUT2D eigenvalue weighted by Gasteiger charge is -2.11. The van der Waals surface area contributed by atoms with Gasteiger partial charge in [0.05, 0.1) is 18.6 Å². The number of carbonyl (C=O) groups excluding carboxylic acids is 2. The molecule has 0 spiro atoms. The van der Waals surface area contributed by atoms with Gasteiger partial charge in [0, 0.05) is 34.8 Å². The minimum Gasteiger partial charge on any atom is -0.497 e. The lowest BCUT2D eigenvalue weighted by Crippen LogP contribution is -2.22. The molecule has 2 amide bonds. The summed E-state index contributed by atoms with van der Waals surface area (Å²) >= 11 is 0. The number of ether oxygens (including phenoxy) is 1. The van der Waals surface area contributed by atoms with Crippen molar-refractivity contribution in [1.82, 2.24) is 0 Å². The molecule has 0 aliphatic carbocycles. The Morgan fingerprint density at radius 2 is 1.56 bits per heavy atom. The Hall–Kier alpha value is -4.40. The molecule has 9 nitrogen and oxygen atoms in total. The molecule has 0 heterocycles. The van der Waals surface area contributed by atoms with Crippen molar-refractivity contribution in [2.45, 2.75) is 6.92 Å². The van der Waals surface area contributed by atoms with E-state index < -0.39 is 4.92 Å². The average Bonchev–Trinajstić information content (AvgIpc) is 2.79. The van der Waals surface area contributed by atoms with E-state index in [9.17, 15) is 19.7 Å². The van der Waals surface area contributed by atoms with Gasteiger partial charge < -0.3 is 20.7 Å². The highest BCUT2D eigenvalue weighted by Crippen LogP contribution is 2.22. The van der Waals surface area contributed by atoms with Crippen LogP contribution < -0.4 is 20.7 Å². The number of methoxy groups -OCH3 is 1. The van der Waals surface area contributed by atoms with E-state index in [1.807, 2.05) is 0 Å². The molecule has 164 valence electrons. The number of rotatable bonds is 8. The van der Waals surface area contributed by atoms with Gasteiger partial charge in [0.2, 0.25) is 5.91 Å². The van der Waals surface area contributed by atoms with Gasteiger partial charge in [-0.15, -0.1) is 0 Å². The van der Waals surface area contributed by atoms with Crippen LogP contribution in [0.3, 0.4) is 0 Å². The SMILES string of the molecule is COc1ccc(NC(=O)c2ccc(NC(=O)CNc3cc([N+](=O)[O-])ccc3C)cc2)cc1. The zero-order valence-corrected chi connectivity index (χ0v) is 17.5. The number of benzene rings is 3. The molecular formula is C23H22N4O5. The zero-order valence-electron chi connectivity index (χ0n) is 17.5. The van der Waals surface area contributed by atoms with Crippen LogP contribution in [0.5, 0.6) is 5.75 Å². The summed E-state index contributed by atoms with van der Waals surface area (Å²) < 4.78 is 5.09. The van der Waals surface area contributed by atoms with Crippen molar-refractivity contribution in [2.75, 3.05) is 29.6 Å². The largest absolute Gasteiger partial charge is 0.497 e. The maximum absolute atomic E-state index is 12.4. The number of anilines is 3. The molecule has 0 saturated carbocycles. The van der Waals surface area contributed by atoms with Crippen LogP contribution in [-0.2, 0) is 4.79 Å². The number of carbonyl (C=O) groups is 2. The van der Waals surface area contributed by atoms with Crippen LogP contribution in [0, 0.1) is 17.0 Å². The first-order valence-electron chi connectivity index (χ1n) is 9.70. The van der Waals surface area contributed by atoms with Gasteiger partial charge in [0.25, 0.3) is 11.6 Å². The normalized spacial score (nSPS) is 10.2. The Labute approximate surface area is 184 Å². The molecule has 0 fully saturated rings. The van der Waals surface area contributed by atoms with Crippen molar-refractivity contribution in [3.05, 3.63) is 88.0 Å². The van der Waals surface area contributed by atoms with Crippen molar-refractivity contribution >= 4 is 34.6 Å². The molecule has 3 aromatic carbocycles. The highest BCUT2D eigenvalue weighted by molar-refractivity contribution is 6.04. The van der Waals surface area contributed by atoms with Crippen LogP contribution in [0.25, 0.3) is 0 Å².